The molecule has 0 aromatic heterocycles. The molecule has 12 heteroatoms. The first-order chi connectivity index (χ1) is 14.1. The number of hydrogen-bond acceptors (Lipinski definition) is 7. The van der Waals surface area contributed by atoms with E-state index in [1.165, 1.54) is 42.5 Å². The van der Waals surface area contributed by atoms with Crippen molar-refractivity contribution >= 4 is 39.3 Å². The number of nitro benzene ring substituents is 1. The monoisotopic (exact) mass is 434 g/mol. The van der Waals surface area contributed by atoms with Crippen LogP contribution in [0.4, 0.5) is 11.4 Å². The fraction of sp³-hybridized carbons (Fsp3) is 0.111. The quantitative estimate of drug-likeness (QED) is 0.320. The number of ether oxygens (including phenoxy) is 1. The summed E-state index contributed by atoms with van der Waals surface area (Å²) in [6, 6.07) is 11.8. The zero-order chi connectivity index (χ0) is 22.1. The highest BCUT2D eigenvalue weighted by Crippen LogP contribution is 2.25. The Labute approximate surface area is 171 Å². The van der Waals surface area contributed by atoms with Crippen molar-refractivity contribution in [2.75, 3.05) is 17.6 Å². The van der Waals surface area contributed by atoms with Crippen LogP contribution in [0.5, 0.6) is 5.75 Å². The smallest absolute Gasteiger partial charge is 0.310 e. The van der Waals surface area contributed by atoms with Crippen molar-refractivity contribution in [3.63, 3.8) is 0 Å². The van der Waals surface area contributed by atoms with E-state index in [-0.39, 0.29) is 11.4 Å². The van der Waals surface area contributed by atoms with Gasteiger partial charge in [-0.1, -0.05) is 24.3 Å². The van der Waals surface area contributed by atoms with Gasteiger partial charge in [0.05, 0.1) is 11.2 Å². The summed E-state index contributed by atoms with van der Waals surface area (Å²) in [5.41, 5.74) is 4.97. The predicted octanol–water partition coefficient (Wildman–Crippen LogP) is 1.21. The zero-order valence-electron chi connectivity index (χ0n) is 15.7. The highest BCUT2D eigenvalue weighted by molar-refractivity contribution is 7.92. The lowest BCUT2D eigenvalue weighted by atomic mass is 10.2. The van der Waals surface area contributed by atoms with E-state index in [9.17, 15) is 28.1 Å². The lowest BCUT2D eigenvalue weighted by Gasteiger charge is -2.07. The number of amides is 2. The minimum absolute atomic E-state index is 0.0716. The van der Waals surface area contributed by atoms with Gasteiger partial charge in [0.25, 0.3) is 11.8 Å². The topological polar surface area (TPSA) is 157 Å². The van der Waals surface area contributed by atoms with Crippen molar-refractivity contribution < 1.29 is 27.7 Å². The van der Waals surface area contributed by atoms with Crippen molar-refractivity contribution in [1.29, 1.82) is 0 Å². The molecule has 30 heavy (non-hydrogen) atoms. The van der Waals surface area contributed by atoms with Crippen LogP contribution in [0, 0.1) is 10.1 Å². The van der Waals surface area contributed by atoms with Crippen LogP contribution in [-0.4, -0.2) is 38.0 Å². The van der Waals surface area contributed by atoms with Gasteiger partial charge in [-0.2, -0.15) is 0 Å². The Balaban J connectivity index is 1.80. The summed E-state index contributed by atoms with van der Waals surface area (Å²) in [5.74, 6) is -1.42. The van der Waals surface area contributed by atoms with E-state index in [4.69, 9.17) is 4.74 Å². The highest BCUT2D eigenvalue weighted by atomic mass is 32.2. The van der Waals surface area contributed by atoms with Gasteiger partial charge in [0.1, 0.15) is 0 Å². The molecule has 0 fully saturated rings. The summed E-state index contributed by atoms with van der Waals surface area (Å²) >= 11 is 0. The van der Waals surface area contributed by atoms with E-state index in [0.29, 0.717) is 11.3 Å². The molecule has 0 heterocycles. The summed E-state index contributed by atoms with van der Waals surface area (Å²) < 4.78 is 29.7. The van der Waals surface area contributed by atoms with Gasteiger partial charge in [0, 0.05) is 17.8 Å². The van der Waals surface area contributed by atoms with Crippen molar-refractivity contribution in [1.82, 2.24) is 10.9 Å². The van der Waals surface area contributed by atoms with Crippen LogP contribution >= 0.6 is 0 Å². The maximum Gasteiger partial charge on any atom is 0.310 e. The number of para-hydroxylation sites is 2. The molecule has 0 radical (unpaired) electrons. The van der Waals surface area contributed by atoms with E-state index < -0.39 is 33.4 Å². The van der Waals surface area contributed by atoms with Gasteiger partial charge in [-0.25, -0.2) is 8.42 Å². The van der Waals surface area contributed by atoms with Crippen molar-refractivity contribution in [2.24, 2.45) is 0 Å². The third kappa shape index (κ3) is 7.59. The summed E-state index contributed by atoms with van der Waals surface area (Å²) in [7, 11) is -3.38. The molecular formula is C18H18N4O7S. The van der Waals surface area contributed by atoms with Crippen LogP contribution in [0.15, 0.2) is 54.6 Å². The molecular weight excluding hydrogens is 416 g/mol. The molecule has 2 aromatic rings. The number of benzene rings is 2. The maximum atomic E-state index is 11.8. The molecule has 0 aliphatic heterocycles. The number of nitro groups is 1. The SMILES string of the molecule is CS(=O)(=O)Nc1ccc(/C=C/C(=O)NNC(=O)COc2ccccc2[N+](=O)[O-])cc1. The van der Waals surface area contributed by atoms with Crippen LogP contribution in [0.1, 0.15) is 5.56 Å². The number of rotatable bonds is 8. The minimum Gasteiger partial charge on any atom is -0.477 e. The first-order valence-electron chi connectivity index (χ1n) is 8.35. The second-order valence-corrected chi connectivity index (χ2v) is 7.63. The van der Waals surface area contributed by atoms with Crippen molar-refractivity contribution in [3.8, 4) is 5.75 Å². The lowest BCUT2D eigenvalue weighted by Crippen LogP contribution is -2.43. The number of nitrogens with one attached hydrogen (secondary N) is 3. The van der Waals surface area contributed by atoms with Crippen LogP contribution < -0.4 is 20.3 Å². The Morgan fingerprint density at radius 1 is 1.10 bits per heavy atom. The van der Waals surface area contributed by atoms with Gasteiger partial charge in [-0.05, 0) is 29.8 Å². The first kappa shape index (κ1) is 22.4. The normalized spacial score (nSPS) is 11.0. The highest BCUT2D eigenvalue weighted by Gasteiger charge is 2.14. The average molecular weight is 434 g/mol. The molecule has 0 aliphatic rings. The molecule has 3 N–H and O–H groups in total. The average Bonchev–Trinajstić information content (AvgIpc) is 2.69. The second-order valence-electron chi connectivity index (χ2n) is 5.88. The molecule has 2 amide bonds. The molecule has 0 saturated carbocycles. The van der Waals surface area contributed by atoms with E-state index in [1.54, 1.807) is 12.1 Å². The lowest BCUT2D eigenvalue weighted by molar-refractivity contribution is -0.385. The van der Waals surface area contributed by atoms with E-state index >= 15 is 0 Å². The third-order valence-electron chi connectivity index (χ3n) is 3.39. The van der Waals surface area contributed by atoms with Crippen LogP contribution in [0.3, 0.4) is 0 Å². The van der Waals surface area contributed by atoms with Gasteiger partial charge < -0.3 is 4.74 Å². The Morgan fingerprint density at radius 2 is 1.77 bits per heavy atom. The first-order valence-corrected chi connectivity index (χ1v) is 10.2. The Bertz CT molecular complexity index is 1070. The second kappa shape index (κ2) is 10.0. The minimum atomic E-state index is -3.38. The third-order valence-corrected chi connectivity index (χ3v) is 3.99. The number of anilines is 1. The maximum absolute atomic E-state index is 11.8. The predicted molar refractivity (Wildman–Crippen MR) is 109 cm³/mol. The zero-order valence-corrected chi connectivity index (χ0v) is 16.5. The number of carbonyl (C=O) groups excluding carboxylic acids is 2. The number of nitrogens with zero attached hydrogens (tertiary/aromatic N) is 1. The summed E-state index contributed by atoms with van der Waals surface area (Å²) in [5, 5.41) is 10.9. The van der Waals surface area contributed by atoms with Gasteiger partial charge in [-0.15, -0.1) is 0 Å². The molecule has 0 bridgehead atoms. The van der Waals surface area contributed by atoms with Gasteiger partial charge >= 0.3 is 5.69 Å². The molecule has 2 aromatic carbocycles. The van der Waals surface area contributed by atoms with E-state index in [1.807, 2.05) is 0 Å². The van der Waals surface area contributed by atoms with Crippen molar-refractivity contribution in [3.05, 3.63) is 70.3 Å². The number of carbonyl (C=O) groups is 2. The molecule has 0 spiro atoms. The van der Waals surface area contributed by atoms with Gasteiger partial charge in [0.15, 0.2) is 12.4 Å². The summed E-state index contributed by atoms with van der Waals surface area (Å²) in [4.78, 5) is 33.7. The van der Waals surface area contributed by atoms with Crippen LogP contribution in [-0.2, 0) is 19.6 Å². The summed E-state index contributed by atoms with van der Waals surface area (Å²) in [6.07, 6.45) is 3.64. The largest absolute Gasteiger partial charge is 0.477 e. The molecule has 11 nitrogen and oxygen atoms in total. The van der Waals surface area contributed by atoms with E-state index in [0.717, 1.165) is 12.3 Å². The molecule has 0 aliphatic carbocycles. The fourth-order valence-corrected chi connectivity index (χ4v) is 2.69. The fourth-order valence-electron chi connectivity index (χ4n) is 2.13. The standard InChI is InChI=1S/C18H18N4O7S/c1-30(27,28)21-14-9-6-13(7-10-14)8-11-17(23)19-20-18(24)12-29-16-5-3-2-4-15(16)22(25)26/h2-11,21H,12H2,1H3,(H,19,23)(H,20,24)/b11-8+. The molecule has 0 atom stereocenters. The van der Waals surface area contributed by atoms with Crippen LogP contribution in [0.2, 0.25) is 0 Å². The molecule has 0 unspecified atom stereocenters. The Kier molecular flexibility index (Phi) is 7.47. The number of sulfonamides is 1. The van der Waals surface area contributed by atoms with Gasteiger partial charge in [-0.3, -0.25) is 35.3 Å². The molecule has 2 rings (SSSR count). The van der Waals surface area contributed by atoms with Crippen molar-refractivity contribution in [2.45, 2.75) is 0 Å². The van der Waals surface area contributed by atoms with Gasteiger partial charge in [0.2, 0.25) is 10.0 Å². The summed E-state index contributed by atoms with van der Waals surface area (Å²) in [6.45, 7) is -0.538. The Morgan fingerprint density at radius 3 is 2.40 bits per heavy atom. The Hall–Kier alpha value is -3.93. The van der Waals surface area contributed by atoms with E-state index in [2.05, 4.69) is 15.6 Å². The number of hydrogen-bond donors (Lipinski definition) is 3. The molecule has 158 valence electrons. The number of hydrazine groups is 1. The molecule has 0 saturated heterocycles. The van der Waals surface area contributed by atoms with Crippen LogP contribution in [0.25, 0.3) is 6.08 Å².